The van der Waals surface area contributed by atoms with Gasteiger partial charge in [0, 0.05) is 39.3 Å². The maximum atomic E-state index is 12.3. The summed E-state index contributed by atoms with van der Waals surface area (Å²) in [5, 5.41) is 0. The van der Waals surface area contributed by atoms with E-state index in [2.05, 4.69) is 9.97 Å². The molecule has 2 rings (SSSR count). The van der Waals surface area contributed by atoms with Gasteiger partial charge in [-0.2, -0.15) is 0 Å². The Bertz CT molecular complexity index is 615. The summed E-state index contributed by atoms with van der Waals surface area (Å²) in [6.07, 6.45) is 3.53. The van der Waals surface area contributed by atoms with Crippen LogP contribution in [0.25, 0.3) is 0 Å². The molecule has 132 valence electrons. The van der Waals surface area contributed by atoms with Gasteiger partial charge in [0.05, 0.1) is 17.8 Å². The van der Waals surface area contributed by atoms with E-state index in [-0.39, 0.29) is 17.7 Å². The maximum Gasteiger partial charge on any atom is 0.256 e. The average molecular weight is 333 g/mol. The Morgan fingerprint density at radius 1 is 1.29 bits per heavy atom. The molecule has 2 heterocycles. The molecule has 0 aromatic carbocycles. The third kappa shape index (κ3) is 4.29. The van der Waals surface area contributed by atoms with E-state index in [9.17, 15) is 9.59 Å². The molecule has 2 amide bonds. The van der Waals surface area contributed by atoms with Gasteiger partial charge in [-0.15, -0.1) is 0 Å². The highest BCUT2D eigenvalue weighted by molar-refractivity contribution is 5.94. The molecule has 0 saturated carbocycles. The molecule has 0 unspecified atom stereocenters. The first kappa shape index (κ1) is 18.3. The molecular weight excluding hydrogens is 306 g/mol. The Hall–Kier alpha value is -2.02. The highest BCUT2D eigenvalue weighted by atomic mass is 16.2. The number of rotatable bonds is 4. The third-order valence-electron chi connectivity index (χ3n) is 4.23. The molecule has 7 nitrogen and oxygen atoms in total. The van der Waals surface area contributed by atoms with Gasteiger partial charge in [-0.25, -0.2) is 9.97 Å². The van der Waals surface area contributed by atoms with E-state index in [1.165, 1.54) is 4.90 Å². The summed E-state index contributed by atoms with van der Waals surface area (Å²) in [6, 6.07) is 0. The van der Waals surface area contributed by atoms with Crippen molar-refractivity contribution in [2.45, 2.75) is 25.7 Å². The van der Waals surface area contributed by atoms with Crippen LogP contribution in [0.1, 0.15) is 40.6 Å². The van der Waals surface area contributed by atoms with Crippen LogP contribution in [0.3, 0.4) is 0 Å². The molecule has 1 atom stereocenters. The van der Waals surface area contributed by atoms with Gasteiger partial charge in [-0.3, -0.25) is 9.59 Å². The number of carbonyl (C=O) groups excluding carboxylic acids is 2. The lowest BCUT2D eigenvalue weighted by Gasteiger charge is -2.33. The van der Waals surface area contributed by atoms with Crippen molar-refractivity contribution in [1.82, 2.24) is 24.7 Å². The first-order valence-electron chi connectivity index (χ1n) is 8.27. The third-order valence-corrected chi connectivity index (χ3v) is 4.23. The number of hydrogen-bond acceptors (Lipinski definition) is 5. The highest BCUT2D eigenvalue weighted by Crippen LogP contribution is 2.25. The summed E-state index contributed by atoms with van der Waals surface area (Å²) in [5.74, 6) is 0.906. The molecule has 0 N–H and O–H groups in total. The number of nitrogens with zero attached hydrogens (tertiary/aromatic N) is 5. The largest absolute Gasteiger partial charge is 0.345 e. The van der Waals surface area contributed by atoms with Crippen LogP contribution >= 0.6 is 0 Å². The summed E-state index contributed by atoms with van der Waals surface area (Å²) in [6.45, 7) is 3.69. The Morgan fingerprint density at radius 2 is 2.00 bits per heavy atom. The number of aryl methyl sites for hydroxylation is 1. The maximum absolute atomic E-state index is 12.3. The zero-order valence-electron chi connectivity index (χ0n) is 15.2. The molecule has 1 saturated heterocycles. The number of carbonyl (C=O) groups is 2. The topological polar surface area (TPSA) is 69.6 Å². The normalized spacial score (nSPS) is 17.9. The second kappa shape index (κ2) is 7.70. The molecule has 1 fully saturated rings. The smallest absolute Gasteiger partial charge is 0.256 e. The van der Waals surface area contributed by atoms with Crippen LogP contribution in [-0.4, -0.2) is 84.3 Å². The van der Waals surface area contributed by atoms with Crippen molar-refractivity contribution in [2.24, 2.45) is 0 Å². The number of likely N-dealkylation sites (N-methyl/N-ethyl adjacent to an activating group) is 1. The van der Waals surface area contributed by atoms with Crippen molar-refractivity contribution in [3.05, 3.63) is 23.3 Å². The van der Waals surface area contributed by atoms with Gasteiger partial charge >= 0.3 is 0 Å². The quantitative estimate of drug-likeness (QED) is 0.813. The molecule has 0 spiro atoms. The number of amides is 2. The number of hydrogen-bond donors (Lipinski definition) is 0. The van der Waals surface area contributed by atoms with Crippen molar-refractivity contribution in [3.63, 3.8) is 0 Å². The molecule has 1 aromatic rings. The summed E-state index contributed by atoms with van der Waals surface area (Å²) in [4.78, 5) is 38.6. The van der Waals surface area contributed by atoms with Crippen molar-refractivity contribution in [1.29, 1.82) is 0 Å². The minimum absolute atomic E-state index is 0.0921. The first-order valence-corrected chi connectivity index (χ1v) is 8.27. The fourth-order valence-corrected chi connectivity index (χ4v) is 2.92. The number of aromatic nitrogens is 2. The van der Waals surface area contributed by atoms with Crippen LogP contribution < -0.4 is 0 Å². The average Bonchev–Trinajstić information content (AvgIpc) is 2.53. The van der Waals surface area contributed by atoms with Crippen LogP contribution in [0.5, 0.6) is 0 Å². The van der Waals surface area contributed by atoms with Crippen LogP contribution in [0.2, 0.25) is 0 Å². The van der Waals surface area contributed by atoms with Gasteiger partial charge in [0.2, 0.25) is 5.91 Å². The monoisotopic (exact) mass is 333 g/mol. The lowest BCUT2D eigenvalue weighted by Crippen LogP contribution is -2.43. The zero-order valence-corrected chi connectivity index (χ0v) is 15.2. The van der Waals surface area contributed by atoms with E-state index in [0.717, 1.165) is 25.2 Å². The second-order valence-electron chi connectivity index (χ2n) is 6.84. The first-order chi connectivity index (χ1) is 11.3. The van der Waals surface area contributed by atoms with Gasteiger partial charge in [0.15, 0.2) is 0 Å². The van der Waals surface area contributed by atoms with Crippen molar-refractivity contribution in [3.8, 4) is 0 Å². The minimum Gasteiger partial charge on any atom is -0.345 e. The fraction of sp³-hybridized carbons (Fsp3) is 0.647. The van der Waals surface area contributed by atoms with E-state index in [1.54, 1.807) is 20.3 Å². The molecule has 7 heteroatoms. The number of piperidine rings is 1. The standard InChI is InChI=1S/C17H27N5O2/c1-12-14(17(24)21(4)5)9-18-16(19-12)13-7-6-8-22(10-13)15(23)11-20(2)3/h9,13H,6-8,10-11H2,1-5H3/t13-/m1/s1. The predicted molar refractivity (Wildman–Crippen MR) is 91.9 cm³/mol. The molecular formula is C17H27N5O2. The minimum atomic E-state index is -0.0921. The highest BCUT2D eigenvalue weighted by Gasteiger charge is 2.27. The predicted octanol–water partition coefficient (Wildman–Crippen LogP) is 0.754. The van der Waals surface area contributed by atoms with Crippen LogP contribution in [0, 0.1) is 6.92 Å². The van der Waals surface area contributed by atoms with E-state index in [4.69, 9.17) is 0 Å². The van der Waals surface area contributed by atoms with Crippen molar-refractivity contribution in [2.75, 3.05) is 47.8 Å². The summed E-state index contributed by atoms with van der Waals surface area (Å²) >= 11 is 0. The zero-order chi connectivity index (χ0) is 17.9. The van der Waals surface area contributed by atoms with Crippen LogP contribution in [0.4, 0.5) is 0 Å². The van der Waals surface area contributed by atoms with Gasteiger partial charge in [0.25, 0.3) is 5.91 Å². The summed E-state index contributed by atoms with van der Waals surface area (Å²) in [5.41, 5.74) is 1.22. The van der Waals surface area contributed by atoms with E-state index >= 15 is 0 Å². The Balaban J connectivity index is 2.12. The van der Waals surface area contributed by atoms with E-state index in [0.29, 0.717) is 24.3 Å². The molecule has 1 aliphatic heterocycles. The molecule has 1 aliphatic rings. The lowest BCUT2D eigenvalue weighted by molar-refractivity contribution is -0.133. The van der Waals surface area contributed by atoms with Crippen molar-refractivity contribution < 1.29 is 9.59 Å². The van der Waals surface area contributed by atoms with Crippen LogP contribution in [-0.2, 0) is 4.79 Å². The van der Waals surface area contributed by atoms with Gasteiger partial charge in [-0.05, 0) is 33.9 Å². The Morgan fingerprint density at radius 3 is 2.58 bits per heavy atom. The SMILES string of the molecule is Cc1nc([C@@H]2CCCN(C(=O)CN(C)C)C2)ncc1C(=O)N(C)C. The van der Waals surface area contributed by atoms with Gasteiger partial charge in [0.1, 0.15) is 5.82 Å². The van der Waals surface area contributed by atoms with Gasteiger partial charge < -0.3 is 14.7 Å². The lowest BCUT2D eigenvalue weighted by atomic mass is 9.96. The van der Waals surface area contributed by atoms with E-state index in [1.807, 2.05) is 30.8 Å². The van der Waals surface area contributed by atoms with Crippen LogP contribution in [0.15, 0.2) is 6.20 Å². The van der Waals surface area contributed by atoms with Gasteiger partial charge in [-0.1, -0.05) is 0 Å². The van der Waals surface area contributed by atoms with Crippen molar-refractivity contribution >= 4 is 11.8 Å². The number of likely N-dealkylation sites (tertiary alicyclic amines) is 1. The molecule has 0 radical (unpaired) electrons. The second-order valence-corrected chi connectivity index (χ2v) is 6.84. The summed E-state index contributed by atoms with van der Waals surface area (Å²) in [7, 11) is 7.22. The van der Waals surface area contributed by atoms with E-state index < -0.39 is 0 Å². The Labute approximate surface area is 143 Å². The summed E-state index contributed by atoms with van der Waals surface area (Å²) < 4.78 is 0. The molecule has 0 bridgehead atoms. The molecule has 24 heavy (non-hydrogen) atoms. The Kier molecular flexibility index (Phi) is 5.88. The fourth-order valence-electron chi connectivity index (χ4n) is 2.92. The molecule has 1 aromatic heterocycles. The molecule has 0 aliphatic carbocycles.